The van der Waals surface area contributed by atoms with Gasteiger partial charge in [0.05, 0.1) is 10.4 Å². The summed E-state index contributed by atoms with van der Waals surface area (Å²) in [6.45, 7) is 0. The van der Waals surface area contributed by atoms with E-state index in [-0.39, 0.29) is 5.82 Å². The molecule has 0 heterocycles. The van der Waals surface area contributed by atoms with Crippen LogP contribution in [0.15, 0.2) is 45.3 Å². The number of hydrogen-bond donors (Lipinski definition) is 0. The van der Waals surface area contributed by atoms with Crippen molar-refractivity contribution in [2.75, 3.05) is 0 Å². The highest BCUT2D eigenvalue weighted by atomic mass is 79.9. The summed E-state index contributed by atoms with van der Waals surface area (Å²) in [5.41, 5.74) is 0.871. The Kier molecular flexibility index (Phi) is 4.65. The Morgan fingerprint density at radius 1 is 1.06 bits per heavy atom. The van der Waals surface area contributed by atoms with Crippen molar-refractivity contribution >= 4 is 43.5 Å². The van der Waals surface area contributed by atoms with E-state index in [1.165, 1.54) is 12.1 Å². The Hall–Kier alpha value is -0.580. The van der Waals surface area contributed by atoms with Gasteiger partial charge in [-0.3, -0.25) is 0 Å². The Balaban J connectivity index is 2.36. The molecule has 0 saturated carbocycles. The predicted octanol–water partition coefficient (Wildman–Crippen LogP) is 5.88. The second kappa shape index (κ2) is 6.04. The molecule has 0 aromatic heterocycles. The van der Waals surface area contributed by atoms with Crippen LogP contribution in [-0.2, 0) is 5.88 Å². The Morgan fingerprint density at radius 3 is 2.50 bits per heavy atom. The lowest BCUT2D eigenvalue weighted by molar-refractivity contribution is 0.473. The van der Waals surface area contributed by atoms with Gasteiger partial charge in [-0.15, -0.1) is 11.6 Å². The van der Waals surface area contributed by atoms with E-state index in [2.05, 4.69) is 31.9 Å². The van der Waals surface area contributed by atoms with E-state index < -0.39 is 0 Å². The summed E-state index contributed by atoms with van der Waals surface area (Å²) < 4.78 is 20.2. The van der Waals surface area contributed by atoms with Crippen molar-refractivity contribution in [3.8, 4) is 11.5 Å². The van der Waals surface area contributed by atoms with Crippen LogP contribution < -0.4 is 4.74 Å². The molecular weight excluding hydrogens is 386 g/mol. The zero-order valence-electron chi connectivity index (χ0n) is 9.09. The summed E-state index contributed by atoms with van der Waals surface area (Å²) in [5.74, 6) is 1.22. The molecule has 0 spiro atoms. The third kappa shape index (κ3) is 3.25. The van der Waals surface area contributed by atoms with Crippen LogP contribution in [0.3, 0.4) is 0 Å². The molecule has 5 heteroatoms. The number of halogens is 4. The maximum absolute atomic E-state index is 13.0. The second-order valence-corrected chi connectivity index (χ2v) is 5.60. The van der Waals surface area contributed by atoms with Crippen molar-refractivity contribution in [1.82, 2.24) is 0 Å². The van der Waals surface area contributed by atoms with Gasteiger partial charge in [0.2, 0.25) is 0 Å². The van der Waals surface area contributed by atoms with Crippen LogP contribution >= 0.6 is 43.5 Å². The fourth-order valence-corrected chi connectivity index (χ4v) is 2.40. The molecule has 0 N–H and O–H groups in total. The van der Waals surface area contributed by atoms with E-state index in [1.807, 2.05) is 18.2 Å². The summed E-state index contributed by atoms with van der Waals surface area (Å²) in [7, 11) is 0. The van der Waals surface area contributed by atoms with Gasteiger partial charge in [0.15, 0.2) is 0 Å². The van der Waals surface area contributed by atoms with Crippen LogP contribution in [-0.4, -0.2) is 0 Å². The monoisotopic (exact) mass is 392 g/mol. The highest BCUT2D eigenvalue weighted by molar-refractivity contribution is 9.10. The molecule has 0 amide bonds. The maximum atomic E-state index is 13.0. The van der Waals surface area contributed by atoms with Crippen molar-refractivity contribution in [1.29, 1.82) is 0 Å². The molecule has 0 atom stereocenters. The molecule has 0 fully saturated rings. The molecule has 0 saturated heterocycles. The highest BCUT2D eigenvalue weighted by Crippen LogP contribution is 2.34. The quantitative estimate of drug-likeness (QED) is 0.591. The van der Waals surface area contributed by atoms with Crippen molar-refractivity contribution in [2.45, 2.75) is 5.88 Å². The van der Waals surface area contributed by atoms with Crippen LogP contribution in [0, 0.1) is 5.82 Å². The van der Waals surface area contributed by atoms with E-state index in [4.69, 9.17) is 16.3 Å². The molecule has 2 aromatic carbocycles. The van der Waals surface area contributed by atoms with Gasteiger partial charge in [0, 0.05) is 10.0 Å². The lowest BCUT2D eigenvalue weighted by atomic mass is 10.2. The molecule has 0 aliphatic heterocycles. The van der Waals surface area contributed by atoms with E-state index in [0.717, 1.165) is 10.0 Å². The van der Waals surface area contributed by atoms with Crippen molar-refractivity contribution < 1.29 is 9.13 Å². The lowest BCUT2D eigenvalue weighted by Crippen LogP contribution is -1.91. The van der Waals surface area contributed by atoms with Crippen molar-refractivity contribution in [2.24, 2.45) is 0 Å². The maximum Gasteiger partial charge on any atom is 0.141 e. The number of rotatable bonds is 3. The summed E-state index contributed by atoms with van der Waals surface area (Å²) in [4.78, 5) is 0. The SMILES string of the molecule is Fc1ccc(Oc2cc(Br)ccc2CCl)c(Br)c1. The first kappa shape index (κ1) is 13.8. The van der Waals surface area contributed by atoms with E-state index in [0.29, 0.717) is 21.9 Å². The zero-order chi connectivity index (χ0) is 13.1. The third-order valence-electron chi connectivity index (χ3n) is 2.29. The smallest absolute Gasteiger partial charge is 0.141 e. The summed E-state index contributed by atoms with van der Waals surface area (Å²) in [6, 6.07) is 9.87. The van der Waals surface area contributed by atoms with Crippen LogP contribution in [0.5, 0.6) is 11.5 Å². The standard InChI is InChI=1S/C13H8Br2ClFO/c14-9-2-1-8(7-16)13(5-9)18-12-4-3-10(17)6-11(12)15/h1-6H,7H2. The van der Waals surface area contributed by atoms with Crippen molar-refractivity contribution in [3.05, 3.63) is 56.7 Å². The second-order valence-electron chi connectivity index (χ2n) is 3.56. The zero-order valence-corrected chi connectivity index (χ0v) is 13.0. The highest BCUT2D eigenvalue weighted by Gasteiger charge is 2.08. The van der Waals surface area contributed by atoms with Gasteiger partial charge in [-0.25, -0.2) is 4.39 Å². The van der Waals surface area contributed by atoms with Crippen molar-refractivity contribution in [3.63, 3.8) is 0 Å². The summed E-state index contributed by atoms with van der Waals surface area (Å²) >= 11 is 12.5. The summed E-state index contributed by atoms with van der Waals surface area (Å²) in [6.07, 6.45) is 0. The molecule has 0 aliphatic carbocycles. The van der Waals surface area contributed by atoms with Gasteiger partial charge in [-0.2, -0.15) is 0 Å². The Morgan fingerprint density at radius 2 is 1.83 bits per heavy atom. The van der Waals surface area contributed by atoms with Crippen LogP contribution in [0.25, 0.3) is 0 Å². The minimum Gasteiger partial charge on any atom is -0.456 e. The lowest BCUT2D eigenvalue weighted by Gasteiger charge is -2.11. The molecule has 1 nitrogen and oxygen atoms in total. The third-order valence-corrected chi connectivity index (χ3v) is 3.69. The van der Waals surface area contributed by atoms with Crippen LogP contribution in [0.2, 0.25) is 0 Å². The fraction of sp³-hybridized carbons (Fsp3) is 0.0769. The van der Waals surface area contributed by atoms with Crippen LogP contribution in [0.1, 0.15) is 5.56 Å². The molecule has 2 aromatic rings. The average molecular weight is 394 g/mol. The average Bonchev–Trinajstić information content (AvgIpc) is 2.33. The van der Waals surface area contributed by atoms with Gasteiger partial charge in [0.1, 0.15) is 17.3 Å². The first-order valence-corrected chi connectivity index (χ1v) is 7.19. The Bertz CT molecular complexity index is 575. The molecular formula is C13H8Br2ClFO. The molecule has 0 unspecified atom stereocenters. The normalized spacial score (nSPS) is 10.4. The number of alkyl halides is 1. The fourth-order valence-electron chi connectivity index (χ4n) is 1.41. The summed E-state index contributed by atoms with van der Waals surface area (Å²) in [5, 5.41) is 0. The van der Waals surface area contributed by atoms with Gasteiger partial charge < -0.3 is 4.74 Å². The number of ether oxygens (including phenoxy) is 1. The van der Waals surface area contributed by atoms with Gasteiger partial charge in [-0.1, -0.05) is 22.0 Å². The van der Waals surface area contributed by atoms with Gasteiger partial charge in [0.25, 0.3) is 0 Å². The van der Waals surface area contributed by atoms with Crippen LogP contribution in [0.4, 0.5) is 4.39 Å². The molecule has 2 rings (SSSR count). The Labute approximate surface area is 126 Å². The first-order chi connectivity index (χ1) is 8.60. The predicted molar refractivity (Wildman–Crippen MR) is 77.9 cm³/mol. The van der Waals surface area contributed by atoms with E-state index in [9.17, 15) is 4.39 Å². The molecule has 0 radical (unpaired) electrons. The first-order valence-electron chi connectivity index (χ1n) is 5.07. The number of benzene rings is 2. The van der Waals surface area contributed by atoms with Gasteiger partial charge >= 0.3 is 0 Å². The van der Waals surface area contributed by atoms with Gasteiger partial charge in [-0.05, 0) is 46.3 Å². The molecule has 94 valence electrons. The molecule has 18 heavy (non-hydrogen) atoms. The number of hydrogen-bond acceptors (Lipinski definition) is 1. The molecule has 0 aliphatic rings. The van der Waals surface area contributed by atoms with E-state index >= 15 is 0 Å². The minimum absolute atomic E-state index is 0.318. The molecule has 0 bridgehead atoms. The largest absolute Gasteiger partial charge is 0.456 e. The topological polar surface area (TPSA) is 9.23 Å². The minimum atomic E-state index is -0.318. The van der Waals surface area contributed by atoms with E-state index in [1.54, 1.807) is 6.07 Å².